The van der Waals surface area contributed by atoms with Gasteiger partial charge in [-0.1, -0.05) is 12.8 Å². The fourth-order valence-corrected chi connectivity index (χ4v) is 6.10. The van der Waals surface area contributed by atoms with Crippen molar-refractivity contribution >= 4 is 15.7 Å². The van der Waals surface area contributed by atoms with Gasteiger partial charge in [0.15, 0.2) is 16.4 Å². The van der Waals surface area contributed by atoms with Crippen molar-refractivity contribution in [3.63, 3.8) is 0 Å². The Kier molecular flexibility index (Phi) is 6.42. The van der Waals surface area contributed by atoms with E-state index in [9.17, 15) is 13.2 Å². The summed E-state index contributed by atoms with van der Waals surface area (Å²) in [5.41, 5.74) is 1.15. The topological polar surface area (TPSA) is 68.1 Å². The Morgan fingerprint density at radius 1 is 1.15 bits per heavy atom. The molecule has 1 saturated heterocycles. The number of benzene rings is 1. The number of likely N-dealkylation sites (N-methyl/N-ethyl adjacent to an activating group) is 1. The van der Waals surface area contributed by atoms with Gasteiger partial charge in [-0.15, -0.1) is 0 Å². The number of hydrogen-bond acceptors (Lipinski definition) is 4. The van der Waals surface area contributed by atoms with E-state index in [0.717, 1.165) is 48.4 Å². The van der Waals surface area contributed by atoms with E-state index >= 15 is 0 Å². The molecule has 0 radical (unpaired) electrons. The van der Waals surface area contributed by atoms with E-state index in [1.165, 1.54) is 0 Å². The number of amides is 1. The summed E-state index contributed by atoms with van der Waals surface area (Å²) in [7, 11) is 0.659. The molecule has 1 aromatic carbocycles. The lowest BCUT2D eigenvalue weighted by molar-refractivity contribution is -0.885. The standard InChI is InChI=1S/C20H30N2O4S/c1-21(13-16-7-9-19(26-2)10-8-16)14-20(23)22(17-5-3-4-6-17)18-11-12-27(24,25)15-18/h7-10,17-18H,3-6,11-15H2,1-2H3/p+1/t18-/m0/s1. The van der Waals surface area contributed by atoms with Crippen molar-refractivity contribution in [3.05, 3.63) is 29.8 Å². The summed E-state index contributed by atoms with van der Waals surface area (Å²) in [4.78, 5) is 16.2. The van der Waals surface area contributed by atoms with Gasteiger partial charge in [-0.25, -0.2) is 8.42 Å². The van der Waals surface area contributed by atoms with Gasteiger partial charge < -0.3 is 14.5 Å². The van der Waals surface area contributed by atoms with E-state index in [0.29, 0.717) is 13.0 Å². The number of sulfone groups is 1. The molecule has 0 bridgehead atoms. The first-order chi connectivity index (χ1) is 12.9. The summed E-state index contributed by atoms with van der Waals surface area (Å²) in [5, 5.41) is 0. The van der Waals surface area contributed by atoms with Gasteiger partial charge in [-0.05, 0) is 43.5 Å². The van der Waals surface area contributed by atoms with Gasteiger partial charge in [-0.3, -0.25) is 4.79 Å². The minimum Gasteiger partial charge on any atom is -0.497 e. The molecule has 2 aliphatic rings. The molecule has 2 atom stereocenters. The second kappa shape index (κ2) is 8.61. The van der Waals surface area contributed by atoms with Gasteiger partial charge in [0.25, 0.3) is 5.91 Å². The SMILES string of the molecule is COc1ccc(C[NH+](C)CC(=O)N(C2CCCC2)[C@H]2CCS(=O)(=O)C2)cc1. The van der Waals surface area contributed by atoms with E-state index in [4.69, 9.17) is 4.74 Å². The van der Waals surface area contributed by atoms with Crippen LogP contribution in [0.25, 0.3) is 0 Å². The Morgan fingerprint density at radius 3 is 2.37 bits per heavy atom. The molecule has 150 valence electrons. The average Bonchev–Trinajstić information content (AvgIpc) is 3.26. The van der Waals surface area contributed by atoms with Crippen LogP contribution in [0.1, 0.15) is 37.7 Å². The van der Waals surface area contributed by atoms with Crippen LogP contribution >= 0.6 is 0 Å². The molecule has 3 rings (SSSR count). The Labute approximate surface area is 162 Å². The second-order valence-electron chi connectivity index (χ2n) is 7.95. The van der Waals surface area contributed by atoms with Crippen LogP contribution in [0.5, 0.6) is 5.75 Å². The van der Waals surface area contributed by atoms with E-state index in [2.05, 4.69) is 0 Å². The highest BCUT2D eigenvalue weighted by Crippen LogP contribution is 2.29. The number of carbonyl (C=O) groups excluding carboxylic acids is 1. The maximum atomic E-state index is 13.1. The lowest BCUT2D eigenvalue weighted by atomic mass is 10.1. The molecule has 2 fully saturated rings. The second-order valence-corrected chi connectivity index (χ2v) is 10.2. The normalized spacial score (nSPS) is 23.3. The highest BCUT2D eigenvalue weighted by molar-refractivity contribution is 7.91. The first-order valence-electron chi connectivity index (χ1n) is 9.84. The van der Waals surface area contributed by atoms with Gasteiger partial charge in [0.05, 0.1) is 25.7 Å². The maximum Gasteiger partial charge on any atom is 0.278 e. The number of rotatable bonds is 7. The summed E-state index contributed by atoms with van der Waals surface area (Å²) in [6.45, 7) is 1.14. The van der Waals surface area contributed by atoms with Gasteiger partial charge >= 0.3 is 0 Å². The third kappa shape index (κ3) is 5.23. The summed E-state index contributed by atoms with van der Waals surface area (Å²) in [6.07, 6.45) is 4.84. The Bertz CT molecular complexity index is 742. The average molecular weight is 396 g/mol. The lowest BCUT2D eigenvalue weighted by Gasteiger charge is -2.34. The van der Waals surface area contributed by atoms with Gasteiger partial charge in [0, 0.05) is 17.6 Å². The number of hydrogen-bond donors (Lipinski definition) is 1. The molecule has 1 heterocycles. The smallest absolute Gasteiger partial charge is 0.278 e. The molecule has 1 amide bonds. The Hall–Kier alpha value is -1.60. The van der Waals surface area contributed by atoms with Crippen molar-refractivity contribution in [2.24, 2.45) is 0 Å². The molecule has 1 N–H and O–H groups in total. The Balaban J connectivity index is 1.64. The first kappa shape index (κ1) is 20.1. The van der Waals surface area contributed by atoms with Crippen molar-refractivity contribution in [1.82, 2.24) is 4.90 Å². The molecule has 0 spiro atoms. The van der Waals surface area contributed by atoms with Crippen LogP contribution in [0.4, 0.5) is 0 Å². The molecule has 1 aliphatic carbocycles. The van der Waals surface area contributed by atoms with Crippen LogP contribution in [0.2, 0.25) is 0 Å². The summed E-state index contributed by atoms with van der Waals surface area (Å²) < 4.78 is 29.1. The minimum absolute atomic E-state index is 0.0926. The van der Waals surface area contributed by atoms with Crippen molar-refractivity contribution < 1.29 is 22.8 Å². The molecule has 0 aromatic heterocycles. The van der Waals surface area contributed by atoms with Gasteiger partial charge in [0.1, 0.15) is 12.3 Å². The number of ether oxygens (including phenoxy) is 1. The van der Waals surface area contributed by atoms with Crippen LogP contribution in [0.3, 0.4) is 0 Å². The van der Waals surface area contributed by atoms with Gasteiger partial charge in [-0.2, -0.15) is 0 Å². The number of methoxy groups -OCH3 is 1. The molecular formula is C20H31N2O4S+. The van der Waals surface area contributed by atoms with Crippen molar-refractivity contribution in [1.29, 1.82) is 0 Å². The number of nitrogens with one attached hydrogen (secondary N) is 1. The fourth-order valence-electron chi connectivity index (χ4n) is 4.39. The van der Waals surface area contributed by atoms with Crippen LogP contribution in [-0.2, 0) is 21.2 Å². The molecule has 7 heteroatoms. The zero-order chi connectivity index (χ0) is 19.4. The monoisotopic (exact) mass is 395 g/mol. The quantitative estimate of drug-likeness (QED) is 0.737. The predicted molar refractivity (Wildman–Crippen MR) is 105 cm³/mol. The summed E-state index contributed by atoms with van der Waals surface area (Å²) >= 11 is 0. The number of nitrogens with zero attached hydrogens (tertiary/aromatic N) is 1. The fraction of sp³-hybridized carbons (Fsp3) is 0.650. The molecule has 1 saturated carbocycles. The molecule has 1 unspecified atom stereocenters. The van der Waals surface area contributed by atoms with Crippen LogP contribution in [-0.4, -0.2) is 63.5 Å². The van der Waals surface area contributed by atoms with Crippen LogP contribution in [0, 0.1) is 0 Å². The van der Waals surface area contributed by atoms with Gasteiger partial charge in [0.2, 0.25) is 0 Å². The molecule has 27 heavy (non-hydrogen) atoms. The maximum absolute atomic E-state index is 13.1. The van der Waals surface area contributed by atoms with Crippen LogP contribution < -0.4 is 9.64 Å². The minimum atomic E-state index is -3.00. The lowest BCUT2D eigenvalue weighted by Crippen LogP contribution is -3.09. The molecular weight excluding hydrogens is 364 g/mol. The molecule has 1 aromatic rings. The summed E-state index contributed by atoms with van der Waals surface area (Å²) in [6, 6.07) is 7.97. The van der Waals surface area contributed by atoms with Crippen molar-refractivity contribution in [3.8, 4) is 5.75 Å². The number of quaternary nitrogens is 1. The Morgan fingerprint density at radius 2 is 1.81 bits per heavy atom. The zero-order valence-electron chi connectivity index (χ0n) is 16.3. The third-order valence-corrected chi connectivity index (χ3v) is 7.48. The van der Waals surface area contributed by atoms with E-state index in [1.807, 2.05) is 36.2 Å². The highest BCUT2D eigenvalue weighted by Gasteiger charge is 2.39. The predicted octanol–water partition coefficient (Wildman–Crippen LogP) is 0.668. The van der Waals surface area contributed by atoms with Crippen molar-refractivity contribution in [2.45, 2.75) is 50.7 Å². The first-order valence-corrected chi connectivity index (χ1v) is 11.7. The van der Waals surface area contributed by atoms with Crippen molar-refractivity contribution in [2.75, 3.05) is 32.2 Å². The largest absolute Gasteiger partial charge is 0.497 e. The highest BCUT2D eigenvalue weighted by atomic mass is 32.2. The third-order valence-electron chi connectivity index (χ3n) is 5.73. The molecule has 1 aliphatic heterocycles. The zero-order valence-corrected chi connectivity index (χ0v) is 17.1. The van der Waals surface area contributed by atoms with Crippen LogP contribution in [0.15, 0.2) is 24.3 Å². The molecule has 6 nitrogen and oxygen atoms in total. The van der Waals surface area contributed by atoms with E-state index < -0.39 is 9.84 Å². The number of carbonyl (C=O) groups is 1. The van der Waals surface area contributed by atoms with E-state index in [1.54, 1.807) is 7.11 Å². The van der Waals surface area contributed by atoms with E-state index in [-0.39, 0.29) is 29.5 Å². The summed E-state index contributed by atoms with van der Waals surface area (Å²) in [5.74, 6) is 1.26.